The van der Waals surface area contributed by atoms with Crippen LogP contribution in [0.25, 0.3) is 0 Å². The molecule has 0 saturated carbocycles. The number of hydrogen-bond donors (Lipinski definition) is 2. The SMILES string of the molecule is Cc1cccc(S(=O)(=O)OC2(C)C[C@H](O)[C@@H](CO)O2)c1. The van der Waals surface area contributed by atoms with Crippen molar-refractivity contribution in [3.05, 3.63) is 29.8 Å². The van der Waals surface area contributed by atoms with Crippen LogP contribution in [0.5, 0.6) is 0 Å². The minimum absolute atomic E-state index is 0.0245. The molecule has 6 nitrogen and oxygen atoms in total. The van der Waals surface area contributed by atoms with Gasteiger partial charge in [-0.3, -0.25) is 0 Å². The fourth-order valence-electron chi connectivity index (χ4n) is 2.22. The van der Waals surface area contributed by atoms with Crippen LogP contribution in [0.4, 0.5) is 0 Å². The van der Waals surface area contributed by atoms with Gasteiger partial charge in [-0.15, -0.1) is 0 Å². The van der Waals surface area contributed by atoms with Gasteiger partial charge >= 0.3 is 0 Å². The molecule has 1 aliphatic heterocycles. The fraction of sp³-hybridized carbons (Fsp3) is 0.538. The van der Waals surface area contributed by atoms with Crippen molar-refractivity contribution >= 4 is 10.1 Å². The van der Waals surface area contributed by atoms with Crippen LogP contribution in [-0.2, 0) is 19.0 Å². The summed E-state index contributed by atoms with van der Waals surface area (Å²) in [5, 5.41) is 18.7. The van der Waals surface area contributed by atoms with Crippen molar-refractivity contribution < 1.29 is 27.6 Å². The Morgan fingerprint density at radius 1 is 1.50 bits per heavy atom. The molecule has 0 amide bonds. The number of aryl methyl sites for hydroxylation is 1. The molecule has 3 atom stereocenters. The van der Waals surface area contributed by atoms with Crippen LogP contribution in [0, 0.1) is 6.92 Å². The van der Waals surface area contributed by atoms with Crippen molar-refractivity contribution in [3.63, 3.8) is 0 Å². The molecule has 1 heterocycles. The highest BCUT2D eigenvalue weighted by Crippen LogP contribution is 2.34. The van der Waals surface area contributed by atoms with E-state index in [-0.39, 0.29) is 11.3 Å². The third-order valence-corrected chi connectivity index (χ3v) is 4.56. The van der Waals surface area contributed by atoms with Crippen LogP contribution in [0.2, 0.25) is 0 Å². The zero-order valence-corrected chi connectivity index (χ0v) is 12.1. The number of benzene rings is 1. The lowest BCUT2D eigenvalue weighted by Crippen LogP contribution is -2.32. The predicted molar refractivity (Wildman–Crippen MR) is 70.4 cm³/mol. The van der Waals surface area contributed by atoms with E-state index in [9.17, 15) is 13.5 Å². The van der Waals surface area contributed by atoms with Gasteiger partial charge in [-0.1, -0.05) is 12.1 Å². The molecule has 1 saturated heterocycles. The predicted octanol–water partition coefficient (Wildman–Crippen LogP) is 0.559. The van der Waals surface area contributed by atoms with Gasteiger partial charge in [-0.05, 0) is 31.5 Å². The minimum Gasteiger partial charge on any atom is -0.394 e. The zero-order chi connectivity index (χ0) is 15.0. The normalized spacial score (nSPS) is 30.6. The quantitative estimate of drug-likeness (QED) is 0.789. The van der Waals surface area contributed by atoms with Gasteiger partial charge in [-0.2, -0.15) is 8.42 Å². The number of rotatable bonds is 4. The highest BCUT2D eigenvalue weighted by molar-refractivity contribution is 7.86. The van der Waals surface area contributed by atoms with E-state index < -0.39 is 34.7 Å². The van der Waals surface area contributed by atoms with Gasteiger partial charge in [-0.25, -0.2) is 4.18 Å². The molecule has 1 aromatic rings. The van der Waals surface area contributed by atoms with Crippen molar-refractivity contribution in [2.24, 2.45) is 0 Å². The lowest BCUT2D eigenvalue weighted by Gasteiger charge is -2.23. The first-order valence-corrected chi connectivity index (χ1v) is 7.66. The molecule has 0 aromatic heterocycles. The van der Waals surface area contributed by atoms with E-state index in [2.05, 4.69) is 0 Å². The maximum atomic E-state index is 12.2. The number of ether oxygens (including phenoxy) is 1. The summed E-state index contributed by atoms with van der Waals surface area (Å²) in [6.45, 7) is 2.81. The van der Waals surface area contributed by atoms with Crippen LogP contribution in [0.1, 0.15) is 18.9 Å². The van der Waals surface area contributed by atoms with Crippen LogP contribution < -0.4 is 0 Å². The molecule has 1 aliphatic rings. The molecular formula is C13H18O6S. The maximum Gasteiger partial charge on any atom is 0.299 e. The third kappa shape index (κ3) is 3.18. The molecule has 1 fully saturated rings. The Hall–Kier alpha value is -0.990. The van der Waals surface area contributed by atoms with E-state index >= 15 is 0 Å². The largest absolute Gasteiger partial charge is 0.394 e. The third-order valence-electron chi connectivity index (χ3n) is 3.15. The van der Waals surface area contributed by atoms with Crippen LogP contribution >= 0.6 is 0 Å². The average molecular weight is 302 g/mol. The minimum atomic E-state index is -4.00. The summed E-state index contributed by atoms with van der Waals surface area (Å²) in [5.41, 5.74) is 0.792. The van der Waals surface area contributed by atoms with Gasteiger partial charge in [0.05, 0.1) is 17.6 Å². The van der Waals surface area contributed by atoms with E-state index in [4.69, 9.17) is 14.0 Å². The molecule has 0 radical (unpaired) electrons. The molecule has 2 N–H and O–H groups in total. The Kier molecular flexibility index (Phi) is 4.17. The number of aliphatic hydroxyl groups is 2. The van der Waals surface area contributed by atoms with Gasteiger partial charge < -0.3 is 14.9 Å². The van der Waals surface area contributed by atoms with Gasteiger partial charge in [0.2, 0.25) is 0 Å². The average Bonchev–Trinajstić information content (AvgIpc) is 2.63. The number of hydrogen-bond acceptors (Lipinski definition) is 6. The van der Waals surface area contributed by atoms with E-state index in [0.29, 0.717) is 0 Å². The molecule has 0 spiro atoms. The van der Waals surface area contributed by atoms with Crippen molar-refractivity contribution in [2.45, 2.75) is 43.2 Å². The monoisotopic (exact) mass is 302 g/mol. The van der Waals surface area contributed by atoms with E-state index in [1.807, 2.05) is 0 Å². The Morgan fingerprint density at radius 2 is 2.20 bits per heavy atom. The lowest BCUT2D eigenvalue weighted by atomic mass is 10.1. The van der Waals surface area contributed by atoms with Gasteiger partial charge in [0.15, 0.2) is 5.79 Å². The van der Waals surface area contributed by atoms with E-state index in [1.54, 1.807) is 19.1 Å². The van der Waals surface area contributed by atoms with E-state index in [0.717, 1.165) is 5.56 Å². The standard InChI is InChI=1S/C13H18O6S/c1-9-4-3-5-10(6-9)20(16,17)19-13(2)7-11(15)12(8-14)18-13/h3-6,11-12,14-15H,7-8H2,1-2H3/t11-,12+,13?/m0/s1. The first-order valence-electron chi connectivity index (χ1n) is 6.25. The second-order valence-corrected chi connectivity index (χ2v) is 6.64. The molecule has 1 aromatic carbocycles. The molecule has 2 rings (SSSR count). The second-order valence-electron chi connectivity index (χ2n) is 5.10. The van der Waals surface area contributed by atoms with Crippen LogP contribution in [0.3, 0.4) is 0 Å². The molecule has 1 unspecified atom stereocenters. The van der Waals surface area contributed by atoms with Crippen molar-refractivity contribution in [1.29, 1.82) is 0 Å². The first-order chi connectivity index (χ1) is 9.26. The zero-order valence-electron chi connectivity index (χ0n) is 11.3. The Balaban J connectivity index is 2.21. The van der Waals surface area contributed by atoms with Crippen molar-refractivity contribution in [3.8, 4) is 0 Å². The van der Waals surface area contributed by atoms with Gasteiger partial charge in [0.1, 0.15) is 6.10 Å². The molecule has 0 aliphatic carbocycles. The van der Waals surface area contributed by atoms with Gasteiger partial charge in [0.25, 0.3) is 10.1 Å². The molecule has 112 valence electrons. The summed E-state index contributed by atoms with van der Waals surface area (Å²) in [4.78, 5) is 0.0317. The molecule has 7 heteroatoms. The lowest BCUT2D eigenvalue weighted by molar-refractivity contribution is -0.164. The number of aliphatic hydroxyl groups excluding tert-OH is 2. The summed E-state index contributed by atoms with van der Waals surface area (Å²) in [5.74, 6) is -1.48. The summed E-state index contributed by atoms with van der Waals surface area (Å²) < 4.78 is 34.8. The van der Waals surface area contributed by atoms with E-state index in [1.165, 1.54) is 19.1 Å². The Morgan fingerprint density at radius 3 is 2.75 bits per heavy atom. The highest BCUT2D eigenvalue weighted by Gasteiger charge is 2.46. The molecule has 0 bridgehead atoms. The summed E-state index contributed by atoms with van der Waals surface area (Å²) in [7, 11) is -4.00. The van der Waals surface area contributed by atoms with Gasteiger partial charge in [0, 0.05) is 6.42 Å². The highest BCUT2D eigenvalue weighted by atomic mass is 32.2. The first kappa shape index (κ1) is 15.4. The summed E-state index contributed by atoms with van der Waals surface area (Å²) in [6.07, 6.45) is -1.83. The smallest absolute Gasteiger partial charge is 0.299 e. The topological polar surface area (TPSA) is 93.1 Å². The summed E-state index contributed by atoms with van der Waals surface area (Å²) >= 11 is 0. The fourth-order valence-corrected chi connectivity index (χ4v) is 3.47. The van der Waals surface area contributed by atoms with Crippen molar-refractivity contribution in [1.82, 2.24) is 0 Å². The Bertz CT molecular complexity index is 584. The van der Waals surface area contributed by atoms with Crippen molar-refractivity contribution in [2.75, 3.05) is 6.61 Å². The Labute approximate surface area is 118 Å². The summed E-state index contributed by atoms with van der Waals surface area (Å²) in [6, 6.07) is 6.32. The maximum absolute atomic E-state index is 12.2. The molecular weight excluding hydrogens is 284 g/mol. The van der Waals surface area contributed by atoms with Crippen LogP contribution in [0.15, 0.2) is 29.2 Å². The second kappa shape index (κ2) is 5.42. The molecule has 20 heavy (non-hydrogen) atoms. The van der Waals surface area contributed by atoms with Crippen LogP contribution in [-0.4, -0.2) is 43.2 Å².